The molecule has 136 valence electrons. The van der Waals surface area contributed by atoms with Crippen LogP contribution >= 0.6 is 11.8 Å². The monoisotopic (exact) mass is 371 g/mol. The summed E-state index contributed by atoms with van der Waals surface area (Å²) in [5, 5.41) is 2.95. The van der Waals surface area contributed by atoms with Crippen molar-refractivity contribution >= 4 is 34.4 Å². The number of hydrogen-bond donors (Lipinski definition) is 2. The van der Waals surface area contributed by atoms with Crippen LogP contribution in [0.5, 0.6) is 11.5 Å². The average Bonchev–Trinajstić information content (AvgIpc) is 3.10. The summed E-state index contributed by atoms with van der Waals surface area (Å²) < 4.78 is 10.5. The molecule has 2 aromatic carbocycles. The number of fused-ring (bicyclic) bond motifs is 1. The number of benzene rings is 2. The predicted octanol–water partition coefficient (Wildman–Crippen LogP) is 4.01. The molecule has 0 fully saturated rings. The predicted molar refractivity (Wildman–Crippen MR) is 105 cm³/mol. The number of aromatic nitrogens is 2. The van der Waals surface area contributed by atoms with Gasteiger partial charge in [0.05, 0.1) is 41.9 Å². The molecule has 0 spiro atoms. The molecule has 26 heavy (non-hydrogen) atoms. The smallest absolute Gasteiger partial charge is 0.234 e. The average molecular weight is 371 g/mol. The molecule has 2 N–H and O–H groups in total. The minimum absolute atomic E-state index is 0.0749. The van der Waals surface area contributed by atoms with Crippen LogP contribution in [0.25, 0.3) is 11.0 Å². The maximum atomic E-state index is 12.3. The second-order valence-corrected chi connectivity index (χ2v) is 7.04. The lowest BCUT2D eigenvalue weighted by Gasteiger charge is -2.12. The number of aromatic amines is 1. The molecule has 0 aliphatic heterocycles. The van der Waals surface area contributed by atoms with E-state index in [1.54, 1.807) is 32.4 Å². The number of H-pyrrole nitrogens is 1. The molecule has 0 aliphatic carbocycles. The molecule has 0 saturated carbocycles. The molecule has 1 unspecified atom stereocenters. The van der Waals surface area contributed by atoms with E-state index in [1.165, 1.54) is 11.8 Å². The van der Waals surface area contributed by atoms with Crippen molar-refractivity contribution in [3.63, 3.8) is 0 Å². The molecule has 7 heteroatoms. The van der Waals surface area contributed by atoms with Crippen molar-refractivity contribution in [3.8, 4) is 11.5 Å². The van der Waals surface area contributed by atoms with Gasteiger partial charge in [0.1, 0.15) is 17.3 Å². The first-order chi connectivity index (χ1) is 12.6. The molecule has 3 rings (SSSR count). The summed E-state index contributed by atoms with van der Waals surface area (Å²) in [6, 6.07) is 13.2. The van der Waals surface area contributed by atoms with Crippen molar-refractivity contribution in [2.24, 2.45) is 0 Å². The summed E-state index contributed by atoms with van der Waals surface area (Å²) >= 11 is 1.52. The molecule has 0 bridgehead atoms. The SMILES string of the molecule is COc1ccc(NC(=O)CSC(C)c2nc3ccccc3[nH]2)c(OC)c1. The number of carbonyl (C=O) groups is 1. The van der Waals surface area contributed by atoms with Crippen LogP contribution in [0, 0.1) is 0 Å². The number of amides is 1. The molecule has 0 saturated heterocycles. The highest BCUT2D eigenvalue weighted by Crippen LogP contribution is 2.30. The fourth-order valence-electron chi connectivity index (χ4n) is 2.53. The summed E-state index contributed by atoms with van der Waals surface area (Å²) in [6.45, 7) is 2.03. The van der Waals surface area contributed by atoms with E-state index in [2.05, 4.69) is 15.3 Å². The zero-order valence-corrected chi connectivity index (χ0v) is 15.7. The van der Waals surface area contributed by atoms with Crippen molar-refractivity contribution in [2.75, 3.05) is 25.3 Å². The number of nitrogens with zero attached hydrogens (tertiary/aromatic N) is 1. The first kappa shape index (κ1) is 18.1. The van der Waals surface area contributed by atoms with E-state index in [1.807, 2.05) is 31.2 Å². The standard InChI is InChI=1S/C19H21N3O3S/c1-12(19-21-14-6-4-5-7-15(14)22-19)26-11-18(23)20-16-9-8-13(24-2)10-17(16)25-3/h4-10,12H,11H2,1-3H3,(H,20,23)(H,21,22). The van der Waals surface area contributed by atoms with E-state index in [0.29, 0.717) is 22.9 Å². The second kappa shape index (κ2) is 8.14. The van der Waals surface area contributed by atoms with Crippen molar-refractivity contribution < 1.29 is 14.3 Å². The summed E-state index contributed by atoms with van der Waals surface area (Å²) in [7, 11) is 3.14. The Morgan fingerprint density at radius 2 is 2.04 bits per heavy atom. The molecular formula is C19H21N3O3S. The van der Waals surface area contributed by atoms with Gasteiger partial charge in [-0.05, 0) is 31.2 Å². The lowest BCUT2D eigenvalue weighted by atomic mass is 10.2. The largest absolute Gasteiger partial charge is 0.497 e. The van der Waals surface area contributed by atoms with Crippen LogP contribution in [-0.4, -0.2) is 35.8 Å². The van der Waals surface area contributed by atoms with Gasteiger partial charge in [-0.15, -0.1) is 11.8 Å². The van der Waals surface area contributed by atoms with Crippen molar-refractivity contribution in [1.82, 2.24) is 9.97 Å². The van der Waals surface area contributed by atoms with Crippen LogP contribution in [0.3, 0.4) is 0 Å². The van der Waals surface area contributed by atoms with E-state index in [0.717, 1.165) is 16.9 Å². The first-order valence-electron chi connectivity index (χ1n) is 8.19. The third kappa shape index (κ3) is 4.11. The first-order valence-corrected chi connectivity index (χ1v) is 9.23. The number of nitrogens with one attached hydrogen (secondary N) is 2. The molecule has 1 amide bonds. The molecule has 1 heterocycles. The Morgan fingerprint density at radius 1 is 1.23 bits per heavy atom. The Balaban J connectivity index is 1.60. The number of para-hydroxylation sites is 2. The molecular weight excluding hydrogens is 350 g/mol. The molecule has 1 aromatic heterocycles. The van der Waals surface area contributed by atoms with E-state index < -0.39 is 0 Å². The minimum Gasteiger partial charge on any atom is -0.497 e. The van der Waals surface area contributed by atoms with E-state index >= 15 is 0 Å². The van der Waals surface area contributed by atoms with Crippen LogP contribution < -0.4 is 14.8 Å². The Hall–Kier alpha value is -2.67. The van der Waals surface area contributed by atoms with E-state index in [-0.39, 0.29) is 11.2 Å². The summed E-state index contributed by atoms with van der Waals surface area (Å²) in [6.07, 6.45) is 0. The van der Waals surface area contributed by atoms with Gasteiger partial charge in [0.2, 0.25) is 5.91 Å². The summed E-state index contributed by atoms with van der Waals surface area (Å²) in [5.74, 6) is 2.32. The van der Waals surface area contributed by atoms with Crippen LogP contribution in [0.4, 0.5) is 5.69 Å². The highest BCUT2D eigenvalue weighted by molar-refractivity contribution is 8.00. The molecule has 0 aliphatic rings. The van der Waals surface area contributed by atoms with E-state index in [9.17, 15) is 4.79 Å². The molecule has 1 atom stereocenters. The summed E-state index contributed by atoms with van der Waals surface area (Å²) in [4.78, 5) is 20.2. The van der Waals surface area contributed by atoms with Gasteiger partial charge in [0.25, 0.3) is 0 Å². The fraction of sp³-hybridized carbons (Fsp3) is 0.263. The van der Waals surface area contributed by atoms with Crippen LogP contribution in [0.2, 0.25) is 0 Å². The molecule has 6 nitrogen and oxygen atoms in total. The molecule has 0 radical (unpaired) electrons. The zero-order chi connectivity index (χ0) is 18.5. The lowest BCUT2D eigenvalue weighted by molar-refractivity contribution is -0.113. The van der Waals surface area contributed by atoms with E-state index in [4.69, 9.17) is 9.47 Å². The highest BCUT2D eigenvalue weighted by atomic mass is 32.2. The Kier molecular flexibility index (Phi) is 5.68. The Morgan fingerprint density at radius 3 is 2.77 bits per heavy atom. The van der Waals surface area contributed by atoms with Gasteiger partial charge in [-0.3, -0.25) is 4.79 Å². The number of hydrogen-bond acceptors (Lipinski definition) is 5. The van der Waals surface area contributed by atoms with Gasteiger partial charge < -0.3 is 19.8 Å². The summed E-state index contributed by atoms with van der Waals surface area (Å²) in [5.41, 5.74) is 2.56. The lowest BCUT2D eigenvalue weighted by Crippen LogP contribution is -2.15. The number of thioether (sulfide) groups is 1. The number of rotatable bonds is 7. The van der Waals surface area contributed by atoms with Gasteiger partial charge in [-0.1, -0.05) is 12.1 Å². The Labute approximate surface area is 156 Å². The van der Waals surface area contributed by atoms with Gasteiger partial charge in [0.15, 0.2) is 0 Å². The van der Waals surface area contributed by atoms with Gasteiger partial charge in [-0.2, -0.15) is 0 Å². The number of anilines is 1. The maximum Gasteiger partial charge on any atom is 0.234 e. The number of imidazole rings is 1. The highest BCUT2D eigenvalue weighted by Gasteiger charge is 2.14. The Bertz CT molecular complexity index is 877. The van der Waals surface area contributed by atoms with Crippen LogP contribution in [0.1, 0.15) is 18.0 Å². The topological polar surface area (TPSA) is 76.2 Å². The zero-order valence-electron chi connectivity index (χ0n) is 14.9. The van der Waals surface area contributed by atoms with Crippen molar-refractivity contribution in [1.29, 1.82) is 0 Å². The minimum atomic E-state index is -0.0959. The molecule has 3 aromatic rings. The number of methoxy groups -OCH3 is 2. The van der Waals surface area contributed by atoms with Gasteiger partial charge >= 0.3 is 0 Å². The number of carbonyl (C=O) groups excluding carboxylic acids is 1. The quantitative estimate of drug-likeness (QED) is 0.656. The van der Waals surface area contributed by atoms with Gasteiger partial charge in [-0.25, -0.2) is 4.98 Å². The van der Waals surface area contributed by atoms with Crippen molar-refractivity contribution in [3.05, 3.63) is 48.3 Å². The fourth-order valence-corrected chi connectivity index (χ4v) is 3.28. The normalized spacial score (nSPS) is 12.0. The second-order valence-electron chi connectivity index (χ2n) is 5.71. The number of ether oxygens (including phenoxy) is 2. The third-order valence-electron chi connectivity index (χ3n) is 3.94. The third-order valence-corrected chi connectivity index (χ3v) is 5.09. The van der Waals surface area contributed by atoms with Crippen molar-refractivity contribution in [2.45, 2.75) is 12.2 Å². The van der Waals surface area contributed by atoms with Gasteiger partial charge in [0, 0.05) is 6.07 Å². The maximum absolute atomic E-state index is 12.3. The van der Waals surface area contributed by atoms with Crippen LogP contribution in [0.15, 0.2) is 42.5 Å². The van der Waals surface area contributed by atoms with Crippen LogP contribution in [-0.2, 0) is 4.79 Å².